The summed E-state index contributed by atoms with van der Waals surface area (Å²) in [7, 11) is -4.37. The highest BCUT2D eigenvalue weighted by Gasteiger charge is 2.31. The number of nitrogens with one attached hydrogen (secondary N) is 1. The van der Waals surface area contributed by atoms with Crippen molar-refractivity contribution >= 4 is 29.2 Å². The SMILES string of the molecule is O=P(O)(O)C(Nc1ccccc1)c1ccc(Br)cn1. The molecule has 19 heavy (non-hydrogen) atoms. The van der Waals surface area contributed by atoms with Crippen LogP contribution < -0.4 is 5.32 Å². The van der Waals surface area contributed by atoms with Gasteiger partial charge in [-0.25, -0.2) is 0 Å². The fourth-order valence-electron chi connectivity index (χ4n) is 1.57. The summed E-state index contributed by atoms with van der Waals surface area (Å²) >= 11 is 3.23. The molecule has 2 aromatic rings. The molecule has 0 fully saturated rings. The number of rotatable bonds is 4. The maximum atomic E-state index is 11.6. The summed E-state index contributed by atoms with van der Waals surface area (Å²) in [4.78, 5) is 23.0. The molecule has 0 saturated heterocycles. The van der Waals surface area contributed by atoms with Gasteiger partial charge in [0, 0.05) is 16.4 Å². The Balaban J connectivity index is 2.32. The van der Waals surface area contributed by atoms with Crippen LogP contribution >= 0.6 is 23.5 Å². The van der Waals surface area contributed by atoms with Crippen molar-refractivity contribution in [2.45, 2.75) is 5.78 Å². The van der Waals surface area contributed by atoms with Gasteiger partial charge in [0.2, 0.25) is 0 Å². The molecule has 1 aromatic heterocycles. The lowest BCUT2D eigenvalue weighted by Crippen LogP contribution is -2.12. The fraction of sp³-hybridized carbons (Fsp3) is 0.0833. The Kier molecular flexibility index (Phi) is 4.37. The lowest BCUT2D eigenvalue weighted by molar-refractivity contribution is 0.362. The van der Waals surface area contributed by atoms with Crippen molar-refractivity contribution in [2.24, 2.45) is 0 Å². The van der Waals surface area contributed by atoms with Gasteiger partial charge in [-0.1, -0.05) is 18.2 Å². The smallest absolute Gasteiger partial charge is 0.353 e. The fourth-order valence-corrected chi connectivity index (χ4v) is 2.62. The largest absolute Gasteiger partial charge is 0.367 e. The van der Waals surface area contributed by atoms with Crippen molar-refractivity contribution in [3.8, 4) is 0 Å². The first kappa shape index (κ1) is 14.2. The average Bonchev–Trinajstić information content (AvgIpc) is 2.37. The van der Waals surface area contributed by atoms with E-state index in [4.69, 9.17) is 0 Å². The number of nitrogens with zero attached hydrogens (tertiary/aromatic N) is 1. The zero-order valence-electron chi connectivity index (χ0n) is 9.77. The summed E-state index contributed by atoms with van der Waals surface area (Å²) in [6, 6.07) is 12.1. The van der Waals surface area contributed by atoms with E-state index in [9.17, 15) is 14.4 Å². The molecule has 100 valence electrons. The highest BCUT2D eigenvalue weighted by atomic mass is 79.9. The normalized spacial score (nSPS) is 13.0. The van der Waals surface area contributed by atoms with E-state index in [0.29, 0.717) is 11.4 Å². The summed E-state index contributed by atoms with van der Waals surface area (Å²) in [5, 5.41) is 2.81. The van der Waals surface area contributed by atoms with E-state index in [1.165, 1.54) is 6.20 Å². The topological polar surface area (TPSA) is 82.5 Å². The molecule has 0 aliphatic heterocycles. The summed E-state index contributed by atoms with van der Waals surface area (Å²) in [5.41, 5.74) is 0.918. The van der Waals surface area contributed by atoms with Gasteiger partial charge in [-0.05, 0) is 40.2 Å². The molecule has 1 atom stereocenters. The predicted molar refractivity (Wildman–Crippen MR) is 76.8 cm³/mol. The third kappa shape index (κ3) is 3.88. The first-order valence-electron chi connectivity index (χ1n) is 5.45. The molecule has 1 aromatic carbocycles. The molecule has 0 amide bonds. The molecule has 5 nitrogen and oxygen atoms in total. The molecule has 3 N–H and O–H groups in total. The van der Waals surface area contributed by atoms with Gasteiger partial charge in [0.25, 0.3) is 0 Å². The lowest BCUT2D eigenvalue weighted by Gasteiger charge is -2.20. The molecule has 7 heteroatoms. The molecule has 0 aliphatic rings. The third-order valence-corrected chi connectivity index (χ3v) is 3.98. The molecule has 2 rings (SSSR count). The van der Waals surface area contributed by atoms with Crippen LogP contribution in [0.4, 0.5) is 5.69 Å². The van der Waals surface area contributed by atoms with Crippen LogP contribution in [0, 0.1) is 0 Å². The monoisotopic (exact) mass is 342 g/mol. The zero-order chi connectivity index (χ0) is 13.9. The zero-order valence-corrected chi connectivity index (χ0v) is 12.3. The van der Waals surface area contributed by atoms with Crippen molar-refractivity contribution < 1.29 is 14.4 Å². The van der Waals surface area contributed by atoms with Crippen LogP contribution in [0.15, 0.2) is 53.1 Å². The summed E-state index contributed by atoms with van der Waals surface area (Å²) < 4.78 is 12.4. The maximum Gasteiger partial charge on any atom is 0.353 e. The Labute approximate surface area is 119 Å². The highest BCUT2D eigenvalue weighted by Crippen LogP contribution is 2.51. The van der Waals surface area contributed by atoms with Crippen molar-refractivity contribution in [3.63, 3.8) is 0 Å². The van der Waals surface area contributed by atoms with Crippen LogP contribution in [0.1, 0.15) is 11.5 Å². The standard InChI is InChI=1S/C12H12BrN2O3P/c13-9-6-7-11(14-8-9)12(19(16,17)18)15-10-4-2-1-3-5-10/h1-8,12,15H,(H2,16,17,18). The summed E-state index contributed by atoms with van der Waals surface area (Å²) in [6.07, 6.45) is 1.50. The number of pyridine rings is 1. The van der Waals surface area contributed by atoms with E-state index >= 15 is 0 Å². The number of para-hydroxylation sites is 1. The molecule has 0 bridgehead atoms. The van der Waals surface area contributed by atoms with Crippen molar-refractivity contribution in [1.29, 1.82) is 0 Å². The van der Waals surface area contributed by atoms with Crippen molar-refractivity contribution in [1.82, 2.24) is 4.98 Å². The van der Waals surface area contributed by atoms with E-state index in [-0.39, 0.29) is 0 Å². The number of halogens is 1. The van der Waals surface area contributed by atoms with Crippen molar-refractivity contribution in [2.75, 3.05) is 5.32 Å². The highest BCUT2D eigenvalue weighted by molar-refractivity contribution is 9.10. The van der Waals surface area contributed by atoms with Crippen LogP contribution in [-0.4, -0.2) is 14.8 Å². The second-order valence-electron chi connectivity index (χ2n) is 3.90. The molecular formula is C12H12BrN2O3P. The van der Waals surface area contributed by atoms with Gasteiger partial charge >= 0.3 is 7.60 Å². The van der Waals surface area contributed by atoms with Crippen LogP contribution in [0.2, 0.25) is 0 Å². The molecular weight excluding hydrogens is 331 g/mol. The Morgan fingerprint density at radius 1 is 1.16 bits per heavy atom. The Bertz CT molecular complexity index is 586. The van der Waals surface area contributed by atoms with Crippen LogP contribution in [0.3, 0.4) is 0 Å². The van der Waals surface area contributed by atoms with E-state index in [1.807, 2.05) is 6.07 Å². The summed E-state index contributed by atoms with van der Waals surface area (Å²) in [5.74, 6) is -1.16. The minimum atomic E-state index is -4.37. The first-order valence-corrected chi connectivity index (χ1v) is 7.92. The third-order valence-electron chi connectivity index (χ3n) is 2.44. The van der Waals surface area contributed by atoms with Crippen LogP contribution in [0.5, 0.6) is 0 Å². The van der Waals surface area contributed by atoms with Gasteiger partial charge in [-0.2, -0.15) is 0 Å². The number of hydrogen-bond donors (Lipinski definition) is 3. The summed E-state index contributed by atoms with van der Waals surface area (Å²) in [6.45, 7) is 0. The van der Waals surface area contributed by atoms with Crippen LogP contribution in [0.25, 0.3) is 0 Å². The second-order valence-corrected chi connectivity index (χ2v) is 6.51. The molecule has 0 saturated carbocycles. The van der Waals surface area contributed by atoms with E-state index < -0.39 is 13.4 Å². The van der Waals surface area contributed by atoms with Gasteiger partial charge in [-0.3, -0.25) is 9.55 Å². The molecule has 1 unspecified atom stereocenters. The Hall–Kier alpha value is -1.20. The van der Waals surface area contributed by atoms with Gasteiger partial charge in [-0.15, -0.1) is 0 Å². The lowest BCUT2D eigenvalue weighted by atomic mass is 10.3. The van der Waals surface area contributed by atoms with E-state index in [1.54, 1.807) is 36.4 Å². The molecule has 1 heterocycles. The number of anilines is 1. The Morgan fingerprint density at radius 3 is 2.37 bits per heavy atom. The van der Waals surface area contributed by atoms with Crippen molar-refractivity contribution in [3.05, 3.63) is 58.8 Å². The van der Waals surface area contributed by atoms with Gasteiger partial charge in [0.15, 0.2) is 5.78 Å². The average molecular weight is 343 g/mol. The van der Waals surface area contributed by atoms with Gasteiger partial charge in [0.05, 0.1) is 5.69 Å². The predicted octanol–water partition coefficient (Wildman–Crippen LogP) is 3.13. The maximum absolute atomic E-state index is 11.6. The van der Waals surface area contributed by atoms with E-state index in [2.05, 4.69) is 26.2 Å². The number of benzene rings is 1. The minimum absolute atomic E-state index is 0.292. The van der Waals surface area contributed by atoms with Crippen LogP contribution in [-0.2, 0) is 4.57 Å². The molecule has 0 aliphatic carbocycles. The van der Waals surface area contributed by atoms with E-state index in [0.717, 1.165) is 4.47 Å². The van der Waals surface area contributed by atoms with Gasteiger partial charge < -0.3 is 15.1 Å². The molecule has 0 radical (unpaired) electrons. The molecule has 0 spiro atoms. The number of aromatic nitrogens is 1. The first-order chi connectivity index (χ1) is 8.97. The minimum Gasteiger partial charge on any atom is -0.367 e. The Morgan fingerprint density at radius 2 is 1.84 bits per heavy atom. The quantitative estimate of drug-likeness (QED) is 0.743. The number of hydrogen-bond acceptors (Lipinski definition) is 3. The van der Waals surface area contributed by atoms with Gasteiger partial charge in [0.1, 0.15) is 0 Å². The second kappa shape index (κ2) is 5.84.